The summed E-state index contributed by atoms with van der Waals surface area (Å²) in [6, 6.07) is -1.06. The largest absolute Gasteiger partial charge is 0.760 e. The van der Waals surface area contributed by atoms with E-state index in [2.05, 4.69) is 5.32 Å². The highest BCUT2D eigenvalue weighted by Gasteiger charge is 2.29. The van der Waals surface area contributed by atoms with Gasteiger partial charge in [0.25, 0.3) is 0 Å². The molecule has 1 aliphatic rings. The van der Waals surface area contributed by atoms with Gasteiger partial charge in [-0.1, -0.05) is 25.5 Å². The maximum absolute atomic E-state index is 11.9. The Labute approximate surface area is 120 Å². The highest BCUT2D eigenvalue weighted by atomic mass is 32.2. The van der Waals surface area contributed by atoms with Crippen molar-refractivity contribution in [3.63, 3.8) is 0 Å². The second-order valence-electron chi connectivity index (χ2n) is 4.33. The Kier molecular flexibility index (Phi) is 7.42. The van der Waals surface area contributed by atoms with Crippen molar-refractivity contribution in [2.75, 3.05) is 19.7 Å². The lowest BCUT2D eigenvalue weighted by Crippen LogP contribution is -2.50. The first kappa shape index (κ1) is 16.8. The van der Waals surface area contributed by atoms with Crippen molar-refractivity contribution in [3.8, 4) is 0 Å². The lowest BCUT2D eigenvalue weighted by molar-refractivity contribution is -0.146. The molecule has 1 unspecified atom stereocenters. The van der Waals surface area contributed by atoms with Gasteiger partial charge >= 0.3 is 5.97 Å². The van der Waals surface area contributed by atoms with Crippen LogP contribution in [0.2, 0.25) is 0 Å². The first-order valence-electron chi connectivity index (χ1n) is 6.50. The van der Waals surface area contributed by atoms with Crippen LogP contribution < -0.4 is 5.32 Å². The van der Waals surface area contributed by atoms with Gasteiger partial charge in [0.15, 0.2) is 0 Å². The molecule has 1 N–H and O–H groups in total. The molecule has 0 saturated carbocycles. The molecule has 1 heterocycles. The number of rotatable bonds is 6. The van der Waals surface area contributed by atoms with Crippen molar-refractivity contribution in [2.24, 2.45) is 0 Å². The van der Waals surface area contributed by atoms with Crippen LogP contribution >= 0.6 is 0 Å². The van der Waals surface area contributed by atoms with E-state index in [0.29, 0.717) is 6.54 Å². The van der Waals surface area contributed by atoms with Crippen LogP contribution in [0.15, 0.2) is 12.2 Å². The summed E-state index contributed by atoms with van der Waals surface area (Å²) in [5.74, 6) is -1.07. The van der Waals surface area contributed by atoms with Crippen molar-refractivity contribution in [3.05, 3.63) is 12.2 Å². The number of nitrogens with one attached hydrogen (secondary N) is 1. The Morgan fingerprint density at radius 3 is 3.00 bits per heavy atom. The highest BCUT2D eigenvalue weighted by molar-refractivity contribution is 7.76. The molecule has 114 valence electrons. The van der Waals surface area contributed by atoms with E-state index in [1.807, 2.05) is 6.92 Å². The normalized spacial score (nSPS) is 23.3. The quantitative estimate of drug-likeness (QED) is 0.319. The molecular weight excluding hydrogens is 284 g/mol. The Hall–Kier alpha value is -1.25. The minimum absolute atomic E-state index is 0.0659. The number of esters is 1. The predicted octanol–water partition coefficient (Wildman–Crippen LogP) is -0.129. The summed E-state index contributed by atoms with van der Waals surface area (Å²) < 4.78 is 28.3. The van der Waals surface area contributed by atoms with E-state index < -0.39 is 29.2 Å². The fraction of sp³-hybridized carbons (Fsp3) is 0.667. The molecule has 0 aliphatic carbocycles. The maximum atomic E-state index is 11.9. The van der Waals surface area contributed by atoms with E-state index in [1.165, 1.54) is 0 Å². The van der Waals surface area contributed by atoms with Crippen LogP contribution in [0, 0.1) is 0 Å². The van der Waals surface area contributed by atoms with Crippen LogP contribution in [0.25, 0.3) is 0 Å². The number of ether oxygens (including phenoxy) is 1. The highest BCUT2D eigenvalue weighted by Crippen LogP contribution is 2.10. The van der Waals surface area contributed by atoms with Gasteiger partial charge in [0.1, 0.15) is 6.04 Å². The fourth-order valence-electron chi connectivity index (χ4n) is 1.70. The van der Waals surface area contributed by atoms with Crippen LogP contribution in [0.5, 0.6) is 0 Å². The number of carbonyl (C=O) groups is 2. The molecule has 20 heavy (non-hydrogen) atoms. The molecule has 0 saturated heterocycles. The molecule has 0 aromatic heterocycles. The van der Waals surface area contributed by atoms with Gasteiger partial charge in [0, 0.05) is 24.4 Å². The molecule has 1 amide bonds. The molecule has 0 aromatic rings. The van der Waals surface area contributed by atoms with Crippen molar-refractivity contribution in [2.45, 2.75) is 32.2 Å². The van der Waals surface area contributed by atoms with Crippen molar-refractivity contribution < 1.29 is 23.1 Å². The summed E-state index contributed by atoms with van der Waals surface area (Å²) in [6.45, 7) is 2.63. The molecule has 8 heteroatoms. The zero-order valence-corrected chi connectivity index (χ0v) is 12.2. The van der Waals surface area contributed by atoms with Crippen molar-refractivity contribution >= 4 is 23.1 Å². The van der Waals surface area contributed by atoms with E-state index in [9.17, 15) is 18.4 Å². The predicted molar refractivity (Wildman–Crippen MR) is 72.0 cm³/mol. The minimum atomic E-state index is -2.58. The number of hydrogen-bond acceptors (Lipinski definition) is 5. The standard InChI is InChI=1S/C12H20N2O5S/c1-2-3-8-19-11(15)9-10-12(16)13-6-4-5-7-14(10)20(17)18/h4-5,10H,2-3,6-9H2,1H3,(H,13,16)(H,17,18)/p-1/b5-4-/t10-/m1/s1. The van der Waals surface area contributed by atoms with Crippen LogP contribution in [0.1, 0.15) is 26.2 Å². The van der Waals surface area contributed by atoms with Gasteiger partial charge in [-0.25, -0.2) is 4.31 Å². The second-order valence-corrected chi connectivity index (χ2v) is 5.23. The molecule has 0 aromatic carbocycles. The molecule has 1 aliphatic heterocycles. The average molecular weight is 303 g/mol. The second kappa shape index (κ2) is 8.83. The van der Waals surface area contributed by atoms with E-state index in [-0.39, 0.29) is 19.6 Å². The third-order valence-corrected chi connectivity index (χ3v) is 3.60. The van der Waals surface area contributed by atoms with E-state index >= 15 is 0 Å². The number of carbonyl (C=O) groups excluding carboxylic acids is 2. The summed E-state index contributed by atoms with van der Waals surface area (Å²) in [4.78, 5) is 23.5. The molecule has 0 bridgehead atoms. The van der Waals surface area contributed by atoms with Gasteiger partial charge in [0.05, 0.1) is 13.0 Å². The van der Waals surface area contributed by atoms with Gasteiger partial charge in [-0.2, -0.15) is 0 Å². The van der Waals surface area contributed by atoms with Crippen molar-refractivity contribution in [1.29, 1.82) is 0 Å². The van der Waals surface area contributed by atoms with Crippen LogP contribution in [-0.2, 0) is 25.6 Å². The molecule has 7 nitrogen and oxygen atoms in total. The first-order chi connectivity index (χ1) is 9.56. The zero-order chi connectivity index (χ0) is 15.0. The number of amides is 1. The molecule has 1 rings (SSSR count). The third-order valence-electron chi connectivity index (χ3n) is 2.81. The minimum Gasteiger partial charge on any atom is -0.760 e. The summed E-state index contributed by atoms with van der Waals surface area (Å²) in [5, 5.41) is 2.54. The lowest BCUT2D eigenvalue weighted by Gasteiger charge is -2.31. The van der Waals surface area contributed by atoms with Crippen LogP contribution in [-0.4, -0.2) is 50.7 Å². The summed E-state index contributed by atoms with van der Waals surface area (Å²) in [6.07, 6.45) is 4.64. The Morgan fingerprint density at radius 1 is 1.60 bits per heavy atom. The van der Waals surface area contributed by atoms with Crippen molar-refractivity contribution in [1.82, 2.24) is 9.62 Å². The maximum Gasteiger partial charge on any atom is 0.307 e. The number of hydrogen-bond donors (Lipinski definition) is 1. The number of unbranched alkanes of at least 4 members (excludes halogenated alkanes) is 1. The monoisotopic (exact) mass is 303 g/mol. The van der Waals surface area contributed by atoms with E-state index in [4.69, 9.17) is 4.74 Å². The van der Waals surface area contributed by atoms with Gasteiger partial charge in [0.2, 0.25) is 5.91 Å². The molecule has 2 atom stereocenters. The Morgan fingerprint density at radius 2 is 2.35 bits per heavy atom. The SMILES string of the molecule is CCCCOC(=O)C[C@@H]1C(=O)NC/C=C\CN1S(=O)[O-]. The number of nitrogens with zero attached hydrogens (tertiary/aromatic N) is 1. The first-order valence-corrected chi connectivity index (χ1v) is 7.53. The fourth-order valence-corrected chi connectivity index (χ4v) is 2.29. The van der Waals surface area contributed by atoms with Gasteiger partial charge < -0.3 is 14.6 Å². The van der Waals surface area contributed by atoms with E-state index in [1.54, 1.807) is 12.2 Å². The summed E-state index contributed by atoms with van der Waals surface area (Å²) in [7, 11) is 0. The van der Waals surface area contributed by atoms with Crippen LogP contribution in [0.4, 0.5) is 0 Å². The topological polar surface area (TPSA) is 98.8 Å². The van der Waals surface area contributed by atoms with Crippen LogP contribution in [0.3, 0.4) is 0 Å². The molecule has 0 spiro atoms. The third kappa shape index (κ3) is 5.40. The average Bonchev–Trinajstić information content (AvgIpc) is 2.38. The summed E-state index contributed by atoms with van der Waals surface area (Å²) in [5.41, 5.74) is 0. The Bertz CT molecular complexity index is 399. The van der Waals surface area contributed by atoms with Gasteiger partial charge in [-0.15, -0.1) is 0 Å². The van der Waals surface area contributed by atoms with E-state index in [0.717, 1.165) is 17.1 Å². The smallest absolute Gasteiger partial charge is 0.307 e. The van der Waals surface area contributed by atoms with Gasteiger partial charge in [-0.3, -0.25) is 13.8 Å². The molecule has 0 radical (unpaired) electrons. The lowest BCUT2D eigenvalue weighted by atomic mass is 10.1. The zero-order valence-electron chi connectivity index (χ0n) is 11.4. The van der Waals surface area contributed by atoms with Gasteiger partial charge in [-0.05, 0) is 6.42 Å². The molecule has 0 fully saturated rings. The Balaban J connectivity index is 2.68. The molecular formula is C12H19N2O5S-. The summed E-state index contributed by atoms with van der Waals surface area (Å²) >= 11 is -2.58.